The van der Waals surface area contributed by atoms with Gasteiger partial charge in [-0.05, 0) is 96.2 Å². The maximum absolute atomic E-state index is 12.5. The number of phenols is 1. The number of carbonyl (C=O) groups is 2. The molecule has 0 fully saturated rings. The van der Waals surface area contributed by atoms with Gasteiger partial charge in [-0.1, -0.05) is 17.7 Å². The van der Waals surface area contributed by atoms with Crippen molar-refractivity contribution in [2.24, 2.45) is 0 Å². The lowest BCUT2D eigenvalue weighted by Crippen LogP contribution is -2.35. The number of phenolic OH excluding ortho intramolecular Hbond substituents is 1. The molecule has 0 amide bonds. The molecule has 0 aliphatic rings. The SMILES string of the molecule is COc1c(C)cc(O)cc1C/C=C(\C)CC(=O)/C=C(\C)C(O)CCC(C)(O)C(=O)/C=C/C(C)(C)O. The summed E-state index contributed by atoms with van der Waals surface area (Å²) in [6.45, 7) is 9.71. The summed E-state index contributed by atoms with van der Waals surface area (Å²) in [6, 6.07) is 3.26. The van der Waals surface area contributed by atoms with Crippen LogP contribution in [0.5, 0.6) is 11.5 Å². The molecule has 1 aromatic carbocycles. The average molecular weight is 489 g/mol. The van der Waals surface area contributed by atoms with Gasteiger partial charge in [0.25, 0.3) is 0 Å². The standard InChI is InChI=1S/C28H40O7/c1-18(8-9-21-17-23(30)16-20(3)26(21)35-7)14-22(29)15-19(2)24(31)10-13-28(6,34)25(32)11-12-27(4,5)33/h8,11-12,15-17,24,30-31,33-34H,9-10,13-14H2,1-7H3/b12-11+,18-8+,19-15+. The predicted octanol–water partition coefficient (Wildman–Crippen LogP) is 3.89. The number of aliphatic hydroxyl groups is 3. The summed E-state index contributed by atoms with van der Waals surface area (Å²) in [4.78, 5) is 24.7. The predicted molar refractivity (Wildman–Crippen MR) is 137 cm³/mol. The number of hydrogen-bond donors (Lipinski definition) is 4. The van der Waals surface area contributed by atoms with Crippen LogP contribution in [0.25, 0.3) is 0 Å². The minimum atomic E-state index is -1.70. The Morgan fingerprint density at radius 3 is 2.34 bits per heavy atom. The first-order valence-corrected chi connectivity index (χ1v) is 11.7. The number of benzene rings is 1. The van der Waals surface area contributed by atoms with E-state index in [1.807, 2.05) is 19.9 Å². The van der Waals surface area contributed by atoms with E-state index in [1.54, 1.807) is 26.2 Å². The summed E-state index contributed by atoms with van der Waals surface area (Å²) < 4.78 is 5.42. The van der Waals surface area contributed by atoms with E-state index in [4.69, 9.17) is 4.74 Å². The van der Waals surface area contributed by atoms with Crippen LogP contribution < -0.4 is 4.74 Å². The van der Waals surface area contributed by atoms with Crippen LogP contribution in [-0.2, 0) is 16.0 Å². The van der Waals surface area contributed by atoms with Gasteiger partial charge in [-0.15, -0.1) is 0 Å². The van der Waals surface area contributed by atoms with Gasteiger partial charge in [-0.2, -0.15) is 0 Å². The Labute approximate surface area is 208 Å². The fourth-order valence-electron chi connectivity index (χ4n) is 3.53. The van der Waals surface area contributed by atoms with Crippen LogP contribution in [0.15, 0.2) is 47.6 Å². The third kappa shape index (κ3) is 10.6. The topological polar surface area (TPSA) is 124 Å². The Bertz CT molecular complexity index is 991. The molecule has 0 saturated carbocycles. The smallest absolute Gasteiger partial charge is 0.186 e. The summed E-state index contributed by atoms with van der Waals surface area (Å²) in [5.41, 5.74) is 0.0550. The lowest BCUT2D eigenvalue weighted by Gasteiger charge is -2.22. The van der Waals surface area contributed by atoms with Crippen LogP contribution in [-0.4, -0.2) is 56.4 Å². The fourth-order valence-corrected chi connectivity index (χ4v) is 3.53. The Morgan fingerprint density at radius 1 is 1.14 bits per heavy atom. The van der Waals surface area contributed by atoms with Crippen LogP contribution in [0.1, 0.15) is 65.0 Å². The molecule has 0 bridgehead atoms. The minimum Gasteiger partial charge on any atom is -0.508 e. The second kappa shape index (κ2) is 12.8. The maximum Gasteiger partial charge on any atom is 0.186 e. The first-order valence-electron chi connectivity index (χ1n) is 11.7. The van der Waals surface area contributed by atoms with Crippen molar-refractivity contribution >= 4 is 11.6 Å². The molecular weight excluding hydrogens is 448 g/mol. The average Bonchev–Trinajstić information content (AvgIpc) is 2.73. The van der Waals surface area contributed by atoms with Gasteiger partial charge in [0, 0.05) is 12.0 Å². The van der Waals surface area contributed by atoms with Gasteiger partial charge in [0.05, 0.1) is 18.8 Å². The fraction of sp³-hybridized carbons (Fsp3) is 0.500. The molecule has 2 atom stereocenters. The molecule has 0 radical (unpaired) electrons. The molecule has 1 rings (SSSR count). The second-order valence-corrected chi connectivity index (χ2v) is 9.92. The van der Waals surface area contributed by atoms with E-state index >= 15 is 0 Å². The van der Waals surface area contributed by atoms with Crippen LogP contribution in [0, 0.1) is 6.92 Å². The van der Waals surface area contributed by atoms with Gasteiger partial charge in [0.15, 0.2) is 11.6 Å². The monoisotopic (exact) mass is 488 g/mol. The zero-order valence-corrected chi connectivity index (χ0v) is 21.9. The van der Waals surface area contributed by atoms with E-state index in [2.05, 4.69) is 0 Å². The van der Waals surface area contributed by atoms with E-state index in [1.165, 1.54) is 32.9 Å². The number of allylic oxidation sites excluding steroid dienone is 3. The summed E-state index contributed by atoms with van der Waals surface area (Å²) in [5.74, 6) is 0.109. The largest absolute Gasteiger partial charge is 0.508 e. The van der Waals surface area contributed by atoms with Gasteiger partial charge in [-0.3, -0.25) is 9.59 Å². The van der Waals surface area contributed by atoms with Crippen molar-refractivity contribution < 1.29 is 34.8 Å². The molecule has 194 valence electrons. The highest BCUT2D eigenvalue weighted by Crippen LogP contribution is 2.29. The number of ether oxygens (including phenoxy) is 1. The molecule has 35 heavy (non-hydrogen) atoms. The van der Waals surface area contributed by atoms with E-state index in [9.17, 15) is 30.0 Å². The summed E-state index contributed by atoms with van der Waals surface area (Å²) in [6.07, 6.45) is 5.49. The molecular formula is C28H40O7. The maximum atomic E-state index is 12.5. The molecule has 1 aromatic rings. The Morgan fingerprint density at radius 2 is 1.77 bits per heavy atom. The molecule has 7 heteroatoms. The third-order valence-electron chi connectivity index (χ3n) is 5.66. The molecule has 0 aromatic heterocycles. The molecule has 4 N–H and O–H groups in total. The number of hydrogen-bond acceptors (Lipinski definition) is 7. The lowest BCUT2D eigenvalue weighted by atomic mass is 9.90. The first-order chi connectivity index (χ1) is 16.1. The molecule has 0 aliphatic carbocycles. The zero-order valence-electron chi connectivity index (χ0n) is 21.9. The number of aromatic hydroxyl groups is 1. The molecule has 0 spiro atoms. The van der Waals surface area contributed by atoms with Crippen LogP contribution in [0.2, 0.25) is 0 Å². The number of aliphatic hydroxyl groups excluding tert-OH is 1. The van der Waals surface area contributed by atoms with E-state index in [-0.39, 0.29) is 30.8 Å². The number of aryl methyl sites for hydroxylation is 1. The summed E-state index contributed by atoms with van der Waals surface area (Å²) in [5, 5.41) is 40.4. The van der Waals surface area contributed by atoms with E-state index in [0.29, 0.717) is 17.7 Å². The quantitative estimate of drug-likeness (QED) is 0.245. The lowest BCUT2D eigenvalue weighted by molar-refractivity contribution is -0.131. The van der Waals surface area contributed by atoms with Crippen molar-refractivity contribution in [2.45, 2.75) is 84.5 Å². The van der Waals surface area contributed by atoms with Gasteiger partial charge in [-0.25, -0.2) is 0 Å². The Kier molecular flexibility index (Phi) is 11.1. The highest BCUT2D eigenvalue weighted by atomic mass is 16.5. The van der Waals surface area contributed by atoms with Gasteiger partial charge in [0.1, 0.15) is 17.1 Å². The second-order valence-electron chi connectivity index (χ2n) is 9.92. The Balaban J connectivity index is 2.72. The third-order valence-corrected chi connectivity index (χ3v) is 5.66. The van der Waals surface area contributed by atoms with Gasteiger partial charge < -0.3 is 25.2 Å². The minimum absolute atomic E-state index is 0.00727. The summed E-state index contributed by atoms with van der Waals surface area (Å²) in [7, 11) is 1.57. The number of ketones is 2. The van der Waals surface area contributed by atoms with Crippen molar-refractivity contribution in [1.82, 2.24) is 0 Å². The summed E-state index contributed by atoms with van der Waals surface area (Å²) >= 11 is 0. The number of methoxy groups -OCH3 is 1. The number of carbonyl (C=O) groups excluding carboxylic acids is 2. The van der Waals surface area contributed by atoms with Gasteiger partial charge >= 0.3 is 0 Å². The molecule has 0 heterocycles. The van der Waals surface area contributed by atoms with Crippen molar-refractivity contribution in [3.8, 4) is 11.5 Å². The van der Waals surface area contributed by atoms with Crippen molar-refractivity contribution in [3.63, 3.8) is 0 Å². The van der Waals surface area contributed by atoms with E-state index in [0.717, 1.165) is 22.8 Å². The van der Waals surface area contributed by atoms with Crippen LogP contribution in [0.3, 0.4) is 0 Å². The van der Waals surface area contributed by atoms with Gasteiger partial charge in [0.2, 0.25) is 0 Å². The van der Waals surface area contributed by atoms with Crippen LogP contribution in [0.4, 0.5) is 0 Å². The highest BCUT2D eigenvalue weighted by molar-refractivity contribution is 5.96. The zero-order chi connectivity index (χ0) is 27.0. The van der Waals surface area contributed by atoms with E-state index < -0.39 is 23.1 Å². The van der Waals surface area contributed by atoms with Crippen molar-refractivity contribution in [2.75, 3.05) is 7.11 Å². The number of rotatable bonds is 13. The molecule has 7 nitrogen and oxygen atoms in total. The normalized spacial score (nSPS) is 15.7. The highest BCUT2D eigenvalue weighted by Gasteiger charge is 2.29. The molecule has 2 unspecified atom stereocenters. The Hall–Kier alpha value is -2.74. The first kappa shape index (κ1) is 30.3. The molecule has 0 saturated heterocycles. The van der Waals surface area contributed by atoms with Crippen LogP contribution >= 0.6 is 0 Å². The molecule has 0 aliphatic heterocycles. The van der Waals surface area contributed by atoms with Crippen molar-refractivity contribution in [3.05, 3.63) is 58.7 Å². The van der Waals surface area contributed by atoms with Crippen molar-refractivity contribution in [1.29, 1.82) is 0 Å².